The van der Waals surface area contributed by atoms with Crippen LogP contribution in [0.1, 0.15) is 21.7 Å². The zero-order valence-corrected chi connectivity index (χ0v) is 26.7. The molecule has 12 heteroatoms. The van der Waals surface area contributed by atoms with Gasteiger partial charge in [-0.25, -0.2) is 0 Å². The van der Waals surface area contributed by atoms with Gasteiger partial charge in [-0.15, -0.1) is 11.8 Å². The molecule has 0 aliphatic heterocycles. The number of para-hydroxylation sites is 1. The molecule has 0 aliphatic rings. The summed E-state index contributed by atoms with van der Waals surface area (Å²) >= 11 is 4.52. The van der Waals surface area contributed by atoms with E-state index in [4.69, 9.17) is 4.42 Å². The molecule has 0 aliphatic carbocycles. The summed E-state index contributed by atoms with van der Waals surface area (Å²) in [4.78, 5) is 39.4. The highest BCUT2D eigenvalue weighted by atomic mass is 79.9. The van der Waals surface area contributed by atoms with Crippen LogP contribution < -0.4 is 16.0 Å². The summed E-state index contributed by atoms with van der Waals surface area (Å²) in [6.45, 7) is 0. The second-order valence-electron chi connectivity index (χ2n) is 9.95. The fraction of sp³-hybridized carbons (Fsp3) is 0.0571. The molecule has 0 radical (unpaired) electrons. The van der Waals surface area contributed by atoms with E-state index >= 15 is 0 Å². The van der Waals surface area contributed by atoms with Crippen LogP contribution in [-0.2, 0) is 15.8 Å². The largest absolute Gasteiger partial charge is 0.457 e. The van der Waals surface area contributed by atoms with Crippen molar-refractivity contribution in [2.24, 2.45) is 0 Å². The predicted octanol–water partition coefficient (Wildman–Crippen LogP) is 8.87. The smallest absolute Gasteiger partial charge is 0.418 e. The summed E-state index contributed by atoms with van der Waals surface area (Å²) in [6.07, 6.45) is -3.17. The van der Waals surface area contributed by atoms with Crippen molar-refractivity contribution >= 4 is 62.9 Å². The van der Waals surface area contributed by atoms with Crippen molar-refractivity contribution in [1.29, 1.82) is 0 Å². The van der Waals surface area contributed by atoms with Crippen molar-refractivity contribution in [2.75, 3.05) is 16.4 Å². The molecule has 3 amide bonds. The second kappa shape index (κ2) is 15.0. The molecule has 1 aromatic heterocycles. The Balaban J connectivity index is 1.26. The molecule has 3 N–H and O–H groups in total. The van der Waals surface area contributed by atoms with Crippen molar-refractivity contribution in [2.45, 2.75) is 11.1 Å². The minimum atomic E-state index is -4.60. The molecule has 0 spiro atoms. The van der Waals surface area contributed by atoms with Gasteiger partial charge in [-0.05, 0) is 72.8 Å². The Hall–Kier alpha value is -5.07. The number of anilines is 2. The molecule has 0 saturated heterocycles. The first-order chi connectivity index (χ1) is 22.5. The van der Waals surface area contributed by atoms with Crippen LogP contribution in [0.4, 0.5) is 24.5 Å². The maximum Gasteiger partial charge on any atom is 0.418 e. The van der Waals surface area contributed by atoms with E-state index in [9.17, 15) is 27.6 Å². The molecule has 7 nitrogen and oxygen atoms in total. The number of hydrogen-bond donors (Lipinski definition) is 3. The van der Waals surface area contributed by atoms with Gasteiger partial charge in [-0.1, -0.05) is 58.4 Å². The van der Waals surface area contributed by atoms with Gasteiger partial charge in [0.1, 0.15) is 17.2 Å². The number of carbonyl (C=O) groups excluding carboxylic acids is 3. The lowest BCUT2D eigenvalue weighted by Gasteiger charge is -2.13. The maximum atomic E-state index is 13.4. The first-order valence-corrected chi connectivity index (χ1v) is 15.8. The number of alkyl halides is 3. The zero-order valence-electron chi connectivity index (χ0n) is 24.3. The number of nitrogens with one attached hydrogen (secondary N) is 3. The van der Waals surface area contributed by atoms with E-state index < -0.39 is 29.5 Å². The van der Waals surface area contributed by atoms with Crippen molar-refractivity contribution in [1.82, 2.24) is 5.32 Å². The van der Waals surface area contributed by atoms with Crippen molar-refractivity contribution < 1.29 is 32.0 Å². The normalized spacial score (nSPS) is 11.5. The molecule has 0 atom stereocenters. The Morgan fingerprint density at radius 1 is 0.787 bits per heavy atom. The van der Waals surface area contributed by atoms with E-state index in [-0.39, 0.29) is 17.1 Å². The van der Waals surface area contributed by atoms with E-state index in [1.54, 1.807) is 66.7 Å². The summed E-state index contributed by atoms with van der Waals surface area (Å²) < 4.78 is 46.6. The van der Waals surface area contributed by atoms with Gasteiger partial charge < -0.3 is 20.4 Å². The predicted molar refractivity (Wildman–Crippen MR) is 180 cm³/mol. The number of thioether (sulfide) groups is 1. The molecular formula is C35H25BrF3N3O4S. The number of carbonyl (C=O) groups is 3. The lowest BCUT2D eigenvalue weighted by molar-refractivity contribution is -0.137. The minimum Gasteiger partial charge on any atom is -0.457 e. The van der Waals surface area contributed by atoms with Crippen molar-refractivity contribution in [3.63, 3.8) is 0 Å². The molecule has 0 unspecified atom stereocenters. The van der Waals surface area contributed by atoms with Gasteiger partial charge in [0, 0.05) is 32.3 Å². The maximum absolute atomic E-state index is 13.4. The van der Waals surface area contributed by atoms with E-state index in [0.717, 1.165) is 27.9 Å². The highest BCUT2D eigenvalue weighted by Gasteiger charge is 2.33. The number of hydrogen-bond acceptors (Lipinski definition) is 5. The number of rotatable bonds is 10. The first-order valence-electron chi connectivity index (χ1n) is 14.0. The second-order valence-corrected chi connectivity index (χ2v) is 11.9. The van der Waals surface area contributed by atoms with Crippen LogP contribution >= 0.6 is 27.7 Å². The molecule has 5 rings (SSSR count). The Labute approximate surface area is 280 Å². The summed E-state index contributed by atoms with van der Waals surface area (Å²) in [5.74, 6) is -0.932. The molecule has 0 saturated carbocycles. The Morgan fingerprint density at radius 3 is 2.17 bits per heavy atom. The Bertz CT molecular complexity index is 1910. The van der Waals surface area contributed by atoms with Crippen LogP contribution in [-0.4, -0.2) is 23.5 Å². The quantitative estimate of drug-likeness (QED) is 0.0989. The number of amides is 3. The molecule has 5 aromatic rings. The summed E-state index contributed by atoms with van der Waals surface area (Å²) in [5, 5.41) is 7.72. The van der Waals surface area contributed by atoms with Gasteiger partial charge in [0.15, 0.2) is 0 Å². The average Bonchev–Trinajstić information content (AvgIpc) is 3.53. The fourth-order valence-electron chi connectivity index (χ4n) is 4.29. The van der Waals surface area contributed by atoms with E-state index in [1.165, 1.54) is 24.3 Å². The number of furan rings is 1. The monoisotopic (exact) mass is 719 g/mol. The summed E-state index contributed by atoms with van der Waals surface area (Å²) in [7, 11) is 0. The van der Waals surface area contributed by atoms with Crippen LogP contribution in [0.3, 0.4) is 0 Å². The van der Waals surface area contributed by atoms with Gasteiger partial charge in [-0.3, -0.25) is 14.4 Å². The average molecular weight is 721 g/mol. The standard InChI is InChI=1S/C35H25BrF3N3O4S/c36-24-12-10-22(11-13-24)31-19-16-26(46-31)20-30(42-33(44)23-6-2-1-3-7-23)34(45)40-25-14-17-27(18-15-25)47-21-32(43)41-29-9-5-4-8-28(29)35(37,38)39/h1-20H,21H2,(H,40,45)(H,41,43)(H,42,44). The molecule has 47 heavy (non-hydrogen) atoms. The van der Waals surface area contributed by atoms with Gasteiger partial charge >= 0.3 is 6.18 Å². The topological polar surface area (TPSA) is 100 Å². The van der Waals surface area contributed by atoms with Crippen LogP contribution in [0.2, 0.25) is 0 Å². The third kappa shape index (κ3) is 9.24. The lowest BCUT2D eigenvalue weighted by atomic mass is 10.1. The van der Waals surface area contributed by atoms with Crippen LogP contribution in [0.15, 0.2) is 135 Å². The SMILES string of the molecule is O=C(CSc1ccc(NC(=O)C(=Cc2ccc(-c3ccc(Br)cc3)o2)NC(=O)c2ccccc2)cc1)Nc1ccccc1C(F)(F)F. The fourth-order valence-corrected chi connectivity index (χ4v) is 5.25. The number of halogens is 4. The Kier molecular flexibility index (Phi) is 10.6. The molecule has 4 aromatic carbocycles. The third-order valence-corrected chi connectivity index (χ3v) is 8.10. The van der Waals surface area contributed by atoms with Crippen LogP contribution in [0.5, 0.6) is 0 Å². The minimum absolute atomic E-state index is 0.0650. The molecule has 1 heterocycles. The van der Waals surface area contributed by atoms with Gasteiger partial charge in [0.25, 0.3) is 11.8 Å². The first kappa shape index (κ1) is 33.3. The highest BCUT2D eigenvalue weighted by molar-refractivity contribution is 9.10. The van der Waals surface area contributed by atoms with E-state index in [0.29, 0.717) is 27.7 Å². The van der Waals surface area contributed by atoms with Crippen molar-refractivity contribution in [3.05, 3.63) is 142 Å². The molecular weight excluding hydrogens is 695 g/mol. The molecule has 238 valence electrons. The molecule has 0 bridgehead atoms. The highest BCUT2D eigenvalue weighted by Crippen LogP contribution is 2.34. The summed E-state index contributed by atoms with van der Waals surface area (Å²) in [5.41, 5.74) is 0.277. The number of benzene rings is 4. The lowest BCUT2D eigenvalue weighted by Crippen LogP contribution is -2.30. The van der Waals surface area contributed by atoms with Crippen LogP contribution in [0.25, 0.3) is 17.4 Å². The van der Waals surface area contributed by atoms with E-state index in [1.807, 2.05) is 24.3 Å². The summed E-state index contributed by atoms with van der Waals surface area (Å²) in [6, 6.07) is 30.7. The van der Waals surface area contributed by atoms with Crippen LogP contribution in [0, 0.1) is 0 Å². The van der Waals surface area contributed by atoms with Gasteiger partial charge in [-0.2, -0.15) is 13.2 Å². The zero-order chi connectivity index (χ0) is 33.4. The van der Waals surface area contributed by atoms with Crippen molar-refractivity contribution in [3.8, 4) is 11.3 Å². The Morgan fingerprint density at radius 2 is 1.47 bits per heavy atom. The van der Waals surface area contributed by atoms with Gasteiger partial charge in [0.2, 0.25) is 5.91 Å². The third-order valence-electron chi connectivity index (χ3n) is 6.56. The molecule has 0 fully saturated rings. The van der Waals surface area contributed by atoms with Gasteiger partial charge in [0.05, 0.1) is 17.0 Å². The van der Waals surface area contributed by atoms with E-state index in [2.05, 4.69) is 31.9 Å².